The fourth-order valence-corrected chi connectivity index (χ4v) is 2.96. The van der Waals surface area contributed by atoms with Gasteiger partial charge in [-0.1, -0.05) is 0 Å². The van der Waals surface area contributed by atoms with E-state index in [0.717, 1.165) is 6.26 Å². The number of nitrogens with one attached hydrogen (secondary N) is 2. The van der Waals surface area contributed by atoms with Gasteiger partial charge in [0.1, 0.15) is 11.5 Å². The molecule has 8 nitrogen and oxygen atoms in total. The third kappa shape index (κ3) is 3.67. The van der Waals surface area contributed by atoms with E-state index in [9.17, 15) is 13.2 Å². The second-order valence-corrected chi connectivity index (χ2v) is 6.44. The third-order valence-electron chi connectivity index (χ3n) is 2.99. The molecular weight excluding hydrogens is 270 g/mol. The predicted octanol–water partition coefficient (Wildman–Crippen LogP) is -0.854. The Hall–Kier alpha value is -1.61. The maximum absolute atomic E-state index is 12.1. The zero-order valence-corrected chi connectivity index (χ0v) is 11.4. The van der Waals surface area contributed by atoms with Crippen LogP contribution in [0.2, 0.25) is 0 Å². The highest BCUT2D eigenvalue weighted by Crippen LogP contribution is 2.14. The Morgan fingerprint density at radius 2 is 2.16 bits per heavy atom. The summed E-state index contributed by atoms with van der Waals surface area (Å²) >= 11 is 0. The molecule has 0 spiro atoms. The van der Waals surface area contributed by atoms with Crippen molar-refractivity contribution in [2.75, 3.05) is 25.1 Å². The number of hydrogen-bond acceptors (Lipinski definition) is 5. The smallest absolute Gasteiger partial charge is 0.271 e. The summed E-state index contributed by atoms with van der Waals surface area (Å²) in [5.41, 5.74) is 5.80. The fraction of sp³-hybridized carbons (Fsp3) is 0.600. The van der Waals surface area contributed by atoms with Crippen LogP contribution in [0, 0.1) is 0 Å². The number of amides is 1. The van der Waals surface area contributed by atoms with Gasteiger partial charge in [-0.15, -0.1) is 0 Å². The van der Waals surface area contributed by atoms with Gasteiger partial charge in [-0.25, -0.2) is 13.1 Å². The number of likely N-dealkylation sites (tertiary alicyclic amines) is 1. The van der Waals surface area contributed by atoms with Gasteiger partial charge in [0, 0.05) is 25.2 Å². The average molecular weight is 287 g/mol. The van der Waals surface area contributed by atoms with E-state index in [1.807, 2.05) is 0 Å². The van der Waals surface area contributed by atoms with Crippen LogP contribution in [-0.4, -0.2) is 54.8 Å². The molecule has 0 unspecified atom stereocenters. The molecule has 4 N–H and O–H groups in total. The van der Waals surface area contributed by atoms with Crippen LogP contribution >= 0.6 is 0 Å². The Bertz CT molecular complexity index is 559. The summed E-state index contributed by atoms with van der Waals surface area (Å²) < 4.78 is 24.8. The number of aromatic amines is 1. The molecule has 1 aromatic heterocycles. The van der Waals surface area contributed by atoms with Gasteiger partial charge in [0.2, 0.25) is 10.0 Å². The SMILES string of the molecule is CS(=O)(=O)NC1CCN(C(=O)c2cc(N)n[nH]2)CC1. The lowest BCUT2D eigenvalue weighted by atomic mass is 10.1. The highest BCUT2D eigenvalue weighted by atomic mass is 32.2. The molecule has 1 amide bonds. The molecule has 1 aliphatic rings. The monoisotopic (exact) mass is 287 g/mol. The number of nitrogen functional groups attached to an aromatic ring is 1. The molecule has 1 aliphatic heterocycles. The second kappa shape index (κ2) is 5.17. The van der Waals surface area contributed by atoms with Gasteiger partial charge in [0.05, 0.1) is 6.26 Å². The predicted molar refractivity (Wildman–Crippen MR) is 69.9 cm³/mol. The zero-order valence-electron chi connectivity index (χ0n) is 10.6. The minimum atomic E-state index is -3.20. The number of anilines is 1. The minimum absolute atomic E-state index is 0.106. The van der Waals surface area contributed by atoms with Crippen LogP contribution in [0.15, 0.2) is 6.07 Å². The number of carbonyl (C=O) groups excluding carboxylic acids is 1. The molecule has 0 radical (unpaired) electrons. The van der Waals surface area contributed by atoms with E-state index in [1.165, 1.54) is 6.07 Å². The number of nitrogens with two attached hydrogens (primary N) is 1. The number of hydrogen-bond donors (Lipinski definition) is 3. The van der Waals surface area contributed by atoms with Crippen LogP contribution in [-0.2, 0) is 10.0 Å². The van der Waals surface area contributed by atoms with Crippen LogP contribution in [0.4, 0.5) is 5.82 Å². The molecule has 0 aromatic carbocycles. The van der Waals surface area contributed by atoms with Gasteiger partial charge >= 0.3 is 0 Å². The van der Waals surface area contributed by atoms with Gasteiger partial charge in [-0.3, -0.25) is 9.89 Å². The highest BCUT2D eigenvalue weighted by molar-refractivity contribution is 7.88. The van der Waals surface area contributed by atoms with Crippen LogP contribution < -0.4 is 10.5 Å². The van der Waals surface area contributed by atoms with E-state index in [1.54, 1.807) is 4.90 Å². The molecule has 1 fully saturated rings. The Kier molecular flexibility index (Phi) is 3.76. The molecule has 1 aromatic rings. The lowest BCUT2D eigenvalue weighted by molar-refractivity contribution is 0.0705. The number of carbonyl (C=O) groups is 1. The lowest BCUT2D eigenvalue weighted by Gasteiger charge is -2.31. The van der Waals surface area contributed by atoms with E-state index in [0.29, 0.717) is 31.6 Å². The molecule has 0 saturated carbocycles. The highest BCUT2D eigenvalue weighted by Gasteiger charge is 2.25. The van der Waals surface area contributed by atoms with Crippen molar-refractivity contribution in [3.8, 4) is 0 Å². The first-order chi connectivity index (χ1) is 8.85. The van der Waals surface area contributed by atoms with Crippen molar-refractivity contribution < 1.29 is 13.2 Å². The Morgan fingerprint density at radius 3 is 2.63 bits per heavy atom. The summed E-state index contributed by atoms with van der Waals surface area (Å²) in [5, 5.41) is 6.28. The largest absolute Gasteiger partial charge is 0.382 e. The zero-order chi connectivity index (χ0) is 14.0. The number of sulfonamides is 1. The second-order valence-electron chi connectivity index (χ2n) is 4.66. The van der Waals surface area contributed by atoms with Crippen molar-refractivity contribution >= 4 is 21.7 Å². The van der Waals surface area contributed by atoms with Crippen LogP contribution in [0.1, 0.15) is 23.3 Å². The number of rotatable bonds is 3. The van der Waals surface area contributed by atoms with Crippen molar-refractivity contribution in [2.24, 2.45) is 0 Å². The Labute approximate surface area is 111 Å². The first-order valence-corrected chi connectivity index (χ1v) is 7.82. The number of aromatic nitrogens is 2. The van der Waals surface area contributed by atoms with E-state index < -0.39 is 10.0 Å². The summed E-state index contributed by atoms with van der Waals surface area (Å²) in [6.07, 6.45) is 2.34. The molecule has 106 valence electrons. The Morgan fingerprint density at radius 1 is 1.53 bits per heavy atom. The maximum atomic E-state index is 12.1. The minimum Gasteiger partial charge on any atom is -0.382 e. The summed E-state index contributed by atoms with van der Waals surface area (Å²) in [6, 6.07) is 1.38. The fourth-order valence-electron chi connectivity index (χ4n) is 2.12. The van der Waals surface area contributed by atoms with E-state index in [-0.39, 0.29) is 17.8 Å². The summed E-state index contributed by atoms with van der Waals surface area (Å²) in [5.74, 6) is 0.110. The lowest BCUT2D eigenvalue weighted by Crippen LogP contribution is -2.46. The molecule has 0 aliphatic carbocycles. The molecule has 2 rings (SSSR count). The van der Waals surface area contributed by atoms with Crippen molar-refractivity contribution in [1.82, 2.24) is 19.8 Å². The molecule has 0 atom stereocenters. The maximum Gasteiger partial charge on any atom is 0.271 e. The molecule has 19 heavy (non-hydrogen) atoms. The molecular formula is C10H17N5O3S. The number of nitrogens with zero attached hydrogens (tertiary/aromatic N) is 2. The van der Waals surface area contributed by atoms with Crippen LogP contribution in [0.5, 0.6) is 0 Å². The Balaban J connectivity index is 1.91. The van der Waals surface area contributed by atoms with Gasteiger partial charge in [-0.05, 0) is 12.8 Å². The first kappa shape index (κ1) is 13.8. The quantitative estimate of drug-likeness (QED) is 0.668. The van der Waals surface area contributed by atoms with Crippen LogP contribution in [0.3, 0.4) is 0 Å². The summed E-state index contributed by atoms with van der Waals surface area (Å²) in [6.45, 7) is 1.01. The van der Waals surface area contributed by atoms with Gasteiger partial charge in [-0.2, -0.15) is 5.10 Å². The van der Waals surface area contributed by atoms with Gasteiger partial charge in [0.25, 0.3) is 5.91 Å². The van der Waals surface area contributed by atoms with E-state index in [2.05, 4.69) is 14.9 Å². The van der Waals surface area contributed by atoms with Crippen LogP contribution in [0.25, 0.3) is 0 Å². The van der Waals surface area contributed by atoms with Gasteiger partial charge in [0.15, 0.2) is 0 Å². The standard InChI is InChI=1S/C10H17N5O3S/c1-19(17,18)14-7-2-4-15(5-3-7)10(16)8-6-9(11)13-12-8/h6-7,14H,2-5H2,1H3,(H3,11,12,13). The van der Waals surface area contributed by atoms with Crippen molar-refractivity contribution in [2.45, 2.75) is 18.9 Å². The molecule has 1 saturated heterocycles. The van der Waals surface area contributed by atoms with Crippen molar-refractivity contribution in [3.63, 3.8) is 0 Å². The van der Waals surface area contributed by atoms with E-state index >= 15 is 0 Å². The van der Waals surface area contributed by atoms with Gasteiger partial charge < -0.3 is 10.6 Å². The molecule has 2 heterocycles. The normalized spacial score (nSPS) is 17.6. The summed E-state index contributed by atoms with van der Waals surface area (Å²) in [7, 11) is -3.20. The molecule has 0 bridgehead atoms. The van der Waals surface area contributed by atoms with Crippen molar-refractivity contribution in [3.05, 3.63) is 11.8 Å². The first-order valence-electron chi connectivity index (χ1n) is 5.92. The number of piperidine rings is 1. The van der Waals surface area contributed by atoms with Crippen molar-refractivity contribution in [1.29, 1.82) is 0 Å². The average Bonchev–Trinajstić information content (AvgIpc) is 2.74. The third-order valence-corrected chi connectivity index (χ3v) is 3.75. The van der Waals surface area contributed by atoms with E-state index in [4.69, 9.17) is 5.73 Å². The number of H-pyrrole nitrogens is 1. The molecule has 9 heteroatoms. The summed E-state index contributed by atoms with van der Waals surface area (Å²) in [4.78, 5) is 13.7. The topological polar surface area (TPSA) is 121 Å².